The van der Waals surface area contributed by atoms with E-state index >= 15 is 0 Å². The van der Waals surface area contributed by atoms with Gasteiger partial charge in [0.05, 0.1) is 32.1 Å². The summed E-state index contributed by atoms with van der Waals surface area (Å²) in [5.74, 6) is 1.28. The van der Waals surface area contributed by atoms with Gasteiger partial charge >= 0.3 is 0 Å². The van der Waals surface area contributed by atoms with Crippen molar-refractivity contribution in [2.45, 2.75) is 12.6 Å². The number of anilines is 1. The molecule has 2 aromatic rings. The number of aliphatic imine (C=N–C) groups is 1. The average Bonchev–Trinajstić information content (AvgIpc) is 2.82. The fourth-order valence-electron chi connectivity index (χ4n) is 3.80. The molecule has 1 unspecified atom stereocenters. The lowest BCUT2D eigenvalue weighted by Crippen LogP contribution is -2.46. The van der Waals surface area contributed by atoms with Crippen molar-refractivity contribution in [2.75, 3.05) is 66.0 Å². The van der Waals surface area contributed by atoms with E-state index in [1.54, 1.807) is 31.2 Å². The molecule has 182 valence electrons. The van der Waals surface area contributed by atoms with Gasteiger partial charge in [0.15, 0.2) is 5.96 Å². The Balaban J connectivity index is 0.00000385. The van der Waals surface area contributed by atoms with E-state index in [-0.39, 0.29) is 35.8 Å². The van der Waals surface area contributed by atoms with Crippen molar-refractivity contribution in [3.63, 3.8) is 0 Å². The zero-order valence-electron chi connectivity index (χ0n) is 19.8. The molecular formula is C24H35FIN5O2. The molecule has 1 fully saturated rings. The molecule has 0 radical (unpaired) electrons. The SMILES string of the molecule is CN=C(NCc1ccc(N(C)C)c(F)c1)NCC(c1ccc(OC)cc1)N1CCOCC1.I. The number of ether oxygens (including phenoxy) is 2. The van der Waals surface area contributed by atoms with Crippen LogP contribution in [0, 0.1) is 5.82 Å². The number of nitrogens with one attached hydrogen (secondary N) is 2. The highest BCUT2D eigenvalue weighted by Crippen LogP contribution is 2.24. The number of hydrogen-bond donors (Lipinski definition) is 2. The molecule has 0 spiro atoms. The Kier molecular flexibility index (Phi) is 11.2. The van der Waals surface area contributed by atoms with E-state index in [4.69, 9.17) is 9.47 Å². The Morgan fingerprint density at radius 3 is 2.42 bits per heavy atom. The van der Waals surface area contributed by atoms with Crippen LogP contribution in [0.3, 0.4) is 0 Å². The van der Waals surface area contributed by atoms with Crippen LogP contribution >= 0.6 is 24.0 Å². The number of hydrogen-bond acceptors (Lipinski definition) is 5. The first-order valence-corrected chi connectivity index (χ1v) is 10.9. The second kappa shape index (κ2) is 13.6. The van der Waals surface area contributed by atoms with Crippen LogP contribution in [0.15, 0.2) is 47.5 Å². The van der Waals surface area contributed by atoms with Crippen molar-refractivity contribution in [2.24, 2.45) is 4.99 Å². The molecule has 1 saturated heterocycles. The number of morpholine rings is 1. The summed E-state index contributed by atoms with van der Waals surface area (Å²) >= 11 is 0. The smallest absolute Gasteiger partial charge is 0.191 e. The molecule has 0 aliphatic carbocycles. The van der Waals surface area contributed by atoms with Crippen molar-refractivity contribution in [1.29, 1.82) is 0 Å². The van der Waals surface area contributed by atoms with Gasteiger partial charge in [-0.1, -0.05) is 18.2 Å². The van der Waals surface area contributed by atoms with E-state index in [1.165, 1.54) is 5.56 Å². The lowest BCUT2D eigenvalue weighted by Gasteiger charge is -2.35. The van der Waals surface area contributed by atoms with Crippen LogP contribution < -0.4 is 20.3 Å². The molecule has 2 aromatic carbocycles. The molecule has 7 nitrogen and oxygen atoms in total. The van der Waals surface area contributed by atoms with Gasteiger partial charge in [0.2, 0.25) is 0 Å². The Labute approximate surface area is 213 Å². The summed E-state index contributed by atoms with van der Waals surface area (Å²) in [6.07, 6.45) is 0. The predicted molar refractivity (Wildman–Crippen MR) is 142 cm³/mol. The van der Waals surface area contributed by atoms with E-state index in [0.717, 1.165) is 37.6 Å². The molecule has 1 aliphatic heterocycles. The Morgan fingerprint density at radius 2 is 1.85 bits per heavy atom. The normalized spacial score (nSPS) is 15.4. The number of benzene rings is 2. The first-order chi connectivity index (χ1) is 15.5. The summed E-state index contributed by atoms with van der Waals surface area (Å²) in [6.45, 7) is 4.38. The Hall–Kier alpha value is -2.11. The monoisotopic (exact) mass is 571 g/mol. The average molecular weight is 571 g/mol. The lowest BCUT2D eigenvalue weighted by molar-refractivity contribution is 0.0170. The minimum Gasteiger partial charge on any atom is -0.497 e. The Morgan fingerprint density at radius 1 is 1.15 bits per heavy atom. The van der Waals surface area contributed by atoms with Crippen LogP contribution in [0.5, 0.6) is 5.75 Å². The fraction of sp³-hybridized carbons (Fsp3) is 0.458. The van der Waals surface area contributed by atoms with Crippen LogP contribution in [0.4, 0.5) is 10.1 Å². The minimum atomic E-state index is -0.232. The number of nitrogens with zero attached hydrogens (tertiary/aromatic N) is 3. The lowest BCUT2D eigenvalue weighted by atomic mass is 10.0. The van der Waals surface area contributed by atoms with Gasteiger partial charge in [-0.05, 0) is 35.4 Å². The van der Waals surface area contributed by atoms with Gasteiger partial charge in [0.1, 0.15) is 11.6 Å². The third kappa shape index (κ3) is 7.72. The molecular weight excluding hydrogens is 536 g/mol. The molecule has 9 heteroatoms. The molecule has 3 rings (SSSR count). The Bertz CT molecular complexity index is 889. The summed E-state index contributed by atoms with van der Waals surface area (Å²) in [5, 5.41) is 6.72. The van der Waals surface area contributed by atoms with E-state index in [2.05, 4.69) is 32.7 Å². The van der Waals surface area contributed by atoms with Crippen LogP contribution in [0.25, 0.3) is 0 Å². The molecule has 2 N–H and O–H groups in total. The van der Waals surface area contributed by atoms with Gasteiger partial charge in [0.25, 0.3) is 0 Å². The molecule has 33 heavy (non-hydrogen) atoms. The van der Waals surface area contributed by atoms with Gasteiger partial charge in [-0.15, -0.1) is 24.0 Å². The molecule has 0 amide bonds. The molecule has 1 aliphatic rings. The van der Waals surface area contributed by atoms with Gasteiger partial charge in [-0.25, -0.2) is 4.39 Å². The maximum absolute atomic E-state index is 14.3. The van der Waals surface area contributed by atoms with Crippen molar-refractivity contribution in [3.05, 3.63) is 59.4 Å². The van der Waals surface area contributed by atoms with E-state index < -0.39 is 0 Å². The second-order valence-electron chi connectivity index (χ2n) is 7.92. The zero-order valence-corrected chi connectivity index (χ0v) is 22.1. The summed E-state index contributed by atoms with van der Waals surface area (Å²) in [5.41, 5.74) is 2.64. The largest absolute Gasteiger partial charge is 0.497 e. The van der Waals surface area contributed by atoms with Crippen LogP contribution in [0.1, 0.15) is 17.2 Å². The maximum Gasteiger partial charge on any atom is 0.191 e. The summed E-state index contributed by atoms with van der Waals surface area (Å²) in [7, 11) is 7.07. The standard InChI is InChI=1S/C24H34FN5O2.HI/c1-26-24(27-16-18-5-10-22(29(2)3)21(25)15-18)28-17-23(30-11-13-32-14-12-30)19-6-8-20(31-4)9-7-19;/h5-10,15,23H,11-14,16-17H2,1-4H3,(H2,26,27,28);1H. The number of rotatable bonds is 8. The van der Waals surface area contributed by atoms with Crippen LogP contribution in [-0.2, 0) is 11.3 Å². The maximum atomic E-state index is 14.3. The topological polar surface area (TPSA) is 61.4 Å². The highest BCUT2D eigenvalue weighted by Gasteiger charge is 2.23. The van der Waals surface area contributed by atoms with E-state index in [0.29, 0.717) is 24.7 Å². The minimum absolute atomic E-state index is 0. The third-order valence-corrected chi connectivity index (χ3v) is 5.63. The third-order valence-electron chi connectivity index (χ3n) is 5.63. The van der Waals surface area contributed by atoms with Crippen LogP contribution in [-0.4, -0.2) is 72.0 Å². The molecule has 0 saturated carbocycles. The van der Waals surface area contributed by atoms with Crippen LogP contribution in [0.2, 0.25) is 0 Å². The van der Waals surface area contributed by atoms with Gasteiger partial charge in [-0.3, -0.25) is 9.89 Å². The number of halogens is 2. The fourth-order valence-corrected chi connectivity index (χ4v) is 3.80. The number of guanidine groups is 1. The number of methoxy groups -OCH3 is 1. The highest BCUT2D eigenvalue weighted by molar-refractivity contribution is 14.0. The molecule has 0 aromatic heterocycles. The molecule has 0 bridgehead atoms. The first kappa shape index (κ1) is 27.1. The van der Waals surface area contributed by atoms with Crippen molar-refractivity contribution in [3.8, 4) is 5.75 Å². The van der Waals surface area contributed by atoms with E-state index in [9.17, 15) is 4.39 Å². The second-order valence-corrected chi connectivity index (χ2v) is 7.92. The first-order valence-electron chi connectivity index (χ1n) is 10.9. The van der Waals surface area contributed by atoms with E-state index in [1.807, 2.05) is 32.3 Å². The predicted octanol–water partition coefficient (Wildman–Crippen LogP) is 3.26. The van der Waals surface area contributed by atoms with Gasteiger partial charge in [0, 0.05) is 47.3 Å². The highest BCUT2D eigenvalue weighted by atomic mass is 127. The van der Waals surface area contributed by atoms with Crippen molar-refractivity contribution >= 4 is 35.6 Å². The summed E-state index contributed by atoms with van der Waals surface area (Å²) in [4.78, 5) is 8.52. The zero-order chi connectivity index (χ0) is 22.9. The summed E-state index contributed by atoms with van der Waals surface area (Å²) in [6, 6.07) is 13.6. The quantitative estimate of drug-likeness (QED) is 0.288. The van der Waals surface area contributed by atoms with Crippen molar-refractivity contribution < 1.29 is 13.9 Å². The molecule has 1 heterocycles. The van der Waals surface area contributed by atoms with Gasteiger partial charge < -0.3 is 25.0 Å². The molecule has 1 atom stereocenters. The van der Waals surface area contributed by atoms with Gasteiger partial charge in [-0.2, -0.15) is 0 Å². The summed E-state index contributed by atoms with van der Waals surface area (Å²) < 4.78 is 25.1. The van der Waals surface area contributed by atoms with Crippen molar-refractivity contribution in [1.82, 2.24) is 15.5 Å².